The molecule has 0 saturated heterocycles. The molecule has 0 saturated carbocycles. The van der Waals surface area contributed by atoms with E-state index in [1.54, 1.807) is 4.68 Å². The van der Waals surface area contributed by atoms with E-state index in [9.17, 15) is 9.90 Å². The van der Waals surface area contributed by atoms with E-state index in [1.807, 2.05) is 14.0 Å². The van der Waals surface area contributed by atoms with Gasteiger partial charge in [0.15, 0.2) is 0 Å². The van der Waals surface area contributed by atoms with E-state index < -0.39 is 11.9 Å². The summed E-state index contributed by atoms with van der Waals surface area (Å²) in [5, 5.41) is 13.7. The molecule has 1 aliphatic rings. The molecule has 16 heavy (non-hydrogen) atoms. The molecular formula is C12H18N2O2. The Bertz CT molecular complexity index is 409. The summed E-state index contributed by atoms with van der Waals surface area (Å²) < 4.78 is 1.78. The van der Waals surface area contributed by atoms with Gasteiger partial charge in [0.1, 0.15) is 0 Å². The van der Waals surface area contributed by atoms with Crippen molar-refractivity contribution < 1.29 is 9.90 Å². The summed E-state index contributed by atoms with van der Waals surface area (Å²) in [6.45, 7) is 1.92. The topological polar surface area (TPSA) is 55.1 Å². The zero-order valence-electron chi connectivity index (χ0n) is 9.86. The largest absolute Gasteiger partial charge is 0.481 e. The van der Waals surface area contributed by atoms with Gasteiger partial charge in [-0.3, -0.25) is 9.48 Å². The van der Waals surface area contributed by atoms with E-state index >= 15 is 0 Å². The molecule has 1 atom stereocenters. The van der Waals surface area contributed by atoms with Crippen molar-refractivity contribution >= 4 is 5.97 Å². The molecule has 2 rings (SSSR count). The lowest BCUT2D eigenvalue weighted by Gasteiger charge is -2.15. The lowest BCUT2D eigenvalue weighted by molar-refractivity contribution is -0.139. The Morgan fingerprint density at radius 1 is 1.50 bits per heavy atom. The van der Waals surface area contributed by atoms with Crippen LogP contribution in [-0.4, -0.2) is 20.9 Å². The quantitative estimate of drug-likeness (QED) is 0.849. The number of fused-ring (bicyclic) bond motifs is 1. The maximum atomic E-state index is 11.2. The Kier molecular flexibility index (Phi) is 2.99. The van der Waals surface area contributed by atoms with Crippen molar-refractivity contribution in [2.45, 2.75) is 44.9 Å². The molecule has 0 bridgehead atoms. The Labute approximate surface area is 95.3 Å². The van der Waals surface area contributed by atoms with Crippen LogP contribution in [0.15, 0.2) is 0 Å². The first-order chi connectivity index (χ1) is 7.65. The number of hydrogen-bond donors (Lipinski definition) is 1. The maximum Gasteiger partial charge on any atom is 0.312 e. The predicted octanol–water partition coefficient (Wildman–Crippen LogP) is 1.88. The number of rotatable bonds is 3. The molecule has 88 valence electrons. The van der Waals surface area contributed by atoms with Crippen molar-refractivity contribution in [3.8, 4) is 0 Å². The molecule has 0 spiro atoms. The van der Waals surface area contributed by atoms with Crippen LogP contribution in [0.5, 0.6) is 0 Å². The molecule has 0 aromatic carbocycles. The van der Waals surface area contributed by atoms with E-state index in [1.165, 1.54) is 12.0 Å². The second kappa shape index (κ2) is 4.28. The fourth-order valence-electron chi connectivity index (χ4n) is 2.63. The smallest absolute Gasteiger partial charge is 0.312 e. The first-order valence-corrected chi connectivity index (χ1v) is 5.92. The highest BCUT2D eigenvalue weighted by Crippen LogP contribution is 2.30. The van der Waals surface area contributed by atoms with Crippen LogP contribution in [-0.2, 0) is 24.7 Å². The molecule has 0 amide bonds. The van der Waals surface area contributed by atoms with E-state index in [0.29, 0.717) is 6.42 Å². The van der Waals surface area contributed by atoms with Crippen molar-refractivity contribution in [2.24, 2.45) is 7.05 Å². The number of carboxylic acid groups (broad SMARTS) is 1. The average Bonchev–Trinajstić information content (AvgIpc) is 2.57. The Hall–Kier alpha value is -1.32. The highest BCUT2D eigenvalue weighted by molar-refractivity contribution is 5.76. The van der Waals surface area contributed by atoms with E-state index in [0.717, 1.165) is 30.7 Å². The molecule has 1 aromatic rings. The van der Waals surface area contributed by atoms with Crippen molar-refractivity contribution in [3.63, 3.8) is 0 Å². The van der Waals surface area contributed by atoms with E-state index in [2.05, 4.69) is 5.10 Å². The predicted molar refractivity (Wildman–Crippen MR) is 60.5 cm³/mol. The summed E-state index contributed by atoms with van der Waals surface area (Å²) in [6, 6.07) is 0. The fraction of sp³-hybridized carbons (Fsp3) is 0.667. The summed E-state index contributed by atoms with van der Waals surface area (Å²) in [4.78, 5) is 11.2. The minimum absolute atomic E-state index is 0.403. The summed E-state index contributed by atoms with van der Waals surface area (Å²) in [7, 11) is 1.86. The summed E-state index contributed by atoms with van der Waals surface area (Å²) in [5.41, 5.74) is 3.23. The zero-order chi connectivity index (χ0) is 11.7. The number of carboxylic acids is 1. The highest BCUT2D eigenvalue weighted by Gasteiger charge is 2.28. The van der Waals surface area contributed by atoms with Gasteiger partial charge in [-0.1, -0.05) is 6.92 Å². The molecule has 0 aliphatic heterocycles. The molecule has 1 N–H and O–H groups in total. The normalized spacial score (nSPS) is 16.9. The van der Waals surface area contributed by atoms with Gasteiger partial charge in [0.05, 0.1) is 17.3 Å². The first-order valence-electron chi connectivity index (χ1n) is 5.92. The summed E-state index contributed by atoms with van der Waals surface area (Å²) in [6.07, 6.45) is 4.94. The van der Waals surface area contributed by atoms with Crippen LogP contribution in [0.4, 0.5) is 0 Å². The van der Waals surface area contributed by atoms with Gasteiger partial charge < -0.3 is 5.11 Å². The van der Waals surface area contributed by atoms with Crippen LogP contribution in [0, 0.1) is 0 Å². The van der Waals surface area contributed by atoms with Crippen LogP contribution < -0.4 is 0 Å². The molecule has 1 unspecified atom stereocenters. The molecule has 0 fully saturated rings. The standard InChI is InChI=1S/C12H18N2O2/c1-3-8(12(15)16)11-9-6-4-5-7-10(9)13-14(11)2/h8H,3-7H2,1-2H3,(H,15,16). The Morgan fingerprint density at radius 2 is 2.19 bits per heavy atom. The molecule has 0 radical (unpaired) electrons. The SMILES string of the molecule is CCC(C(=O)O)c1c2c(nn1C)CCCC2. The number of aryl methyl sites for hydroxylation is 2. The number of aliphatic carboxylic acids is 1. The number of nitrogens with zero attached hydrogens (tertiary/aromatic N) is 2. The lowest BCUT2D eigenvalue weighted by Crippen LogP contribution is -2.16. The Balaban J connectivity index is 2.46. The number of hydrogen-bond acceptors (Lipinski definition) is 2. The van der Waals surface area contributed by atoms with Crippen molar-refractivity contribution in [1.82, 2.24) is 9.78 Å². The monoisotopic (exact) mass is 222 g/mol. The molecule has 1 heterocycles. The van der Waals surface area contributed by atoms with Gasteiger partial charge in [-0.2, -0.15) is 5.10 Å². The van der Waals surface area contributed by atoms with Crippen molar-refractivity contribution in [3.05, 3.63) is 17.0 Å². The average molecular weight is 222 g/mol. The second-order valence-corrected chi connectivity index (χ2v) is 4.44. The molecular weight excluding hydrogens is 204 g/mol. The maximum absolute atomic E-state index is 11.2. The fourth-order valence-corrected chi connectivity index (χ4v) is 2.63. The summed E-state index contributed by atoms with van der Waals surface area (Å²) in [5.74, 6) is -1.14. The van der Waals surface area contributed by atoms with Crippen LogP contribution >= 0.6 is 0 Å². The number of aromatic nitrogens is 2. The van der Waals surface area contributed by atoms with Crippen LogP contribution in [0.3, 0.4) is 0 Å². The molecule has 1 aliphatic carbocycles. The van der Waals surface area contributed by atoms with Crippen LogP contribution in [0.25, 0.3) is 0 Å². The minimum atomic E-state index is -0.737. The van der Waals surface area contributed by atoms with Gasteiger partial charge in [-0.15, -0.1) is 0 Å². The second-order valence-electron chi connectivity index (χ2n) is 4.44. The van der Waals surface area contributed by atoms with Gasteiger partial charge in [0.25, 0.3) is 0 Å². The van der Waals surface area contributed by atoms with Gasteiger partial charge in [-0.25, -0.2) is 0 Å². The molecule has 4 heteroatoms. The number of carbonyl (C=O) groups is 1. The van der Waals surface area contributed by atoms with E-state index in [-0.39, 0.29) is 0 Å². The van der Waals surface area contributed by atoms with Crippen molar-refractivity contribution in [1.29, 1.82) is 0 Å². The third kappa shape index (κ3) is 1.72. The highest BCUT2D eigenvalue weighted by atomic mass is 16.4. The third-order valence-corrected chi connectivity index (χ3v) is 3.40. The van der Waals surface area contributed by atoms with Gasteiger partial charge in [0, 0.05) is 7.05 Å². The van der Waals surface area contributed by atoms with Gasteiger partial charge in [-0.05, 0) is 37.7 Å². The van der Waals surface area contributed by atoms with Gasteiger partial charge in [0.2, 0.25) is 0 Å². The lowest BCUT2D eigenvalue weighted by atomic mass is 9.90. The van der Waals surface area contributed by atoms with Gasteiger partial charge >= 0.3 is 5.97 Å². The first kappa shape index (κ1) is 11.2. The van der Waals surface area contributed by atoms with Crippen molar-refractivity contribution in [2.75, 3.05) is 0 Å². The molecule has 4 nitrogen and oxygen atoms in total. The minimum Gasteiger partial charge on any atom is -0.481 e. The Morgan fingerprint density at radius 3 is 2.81 bits per heavy atom. The van der Waals surface area contributed by atoms with E-state index in [4.69, 9.17) is 0 Å². The third-order valence-electron chi connectivity index (χ3n) is 3.40. The van der Waals surface area contributed by atoms with Crippen LogP contribution in [0.1, 0.15) is 49.1 Å². The molecule has 1 aromatic heterocycles. The summed E-state index contributed by atoms with van der Waals surface area (Å²) >= 11 is 0. The van der Waals surface area contributed by atoms with Crippen LogP contribution in [0.2, 0.25) is 0 Å². The zero-order valence-corrected chi connectivity index (χ0v) is 9.86.